The Morgan fingerprint density at radius 1 is 1.31 bits per heavy atom. The van der Waals surface area contributed by atoms with Gasteiger partial charge in [0.15, 0.2) is 0 Å². The molecule has 16 heavy (non-hydrogen) atoms. The molecule has 0 spiro atoms. The largest absolute Gasteiger partial charge is 0.370 e. The van der Waals surface area contributed by atoms with Gasteiger partial charge in [0, 0.05) is 13.0 Å². The number of aromatic nitrogens is 3. The third kappa shape index (κ3) is 4.74. The molecule has 0 unspecified atom stereocenters. The number of nitrogens with zero attached hydrogens (tertiary/aromatic N) is 3. The monoisotopic (exact) mass is 244 g/mol. The van der Waals surface area contributed by atoms with E-state index in [4.69, 9.17) is 23.1 Å². The third-order valence-electron chi connectivity index (χ3n) is 1.76. The standard InChI is InChI=1S/C8H13ClN6O/c9-6-13-7(11)15-8(14-6)12-4-2-1-3-5(10)16/h1-4H2,(H2,10,16)(H3,11,12,13,14,15). The van der Waals surface area contributed by atoms with E-state index in [1.807, 2.05) is 0 Å². The molecule has 0 aliphatic heterocycles. The predicted octanol–water partition coefficient (Wildman–Crippen LogP) is 0.175. The smallest absolute Gasteiger partial charge is 0.228 e. The molecule has 1 heterocycles. The van der Waals surface area contributed by atoms with Crippen LogP contribution in [-0.4, -0.2) is 27.4 Å². The Morgan fingerprint density at radius 2 is 2.06 bits per heavy atom. The molecule has 1 rings (SSSR count). The van der Waals surface area contributed by atoms with Crippen LogP contribution in [0.3, 0.4) is 0 Å². The molecule has 0 radical (unpaired) electrons. The highest BCUT2D eigenvalue weighted by Crippen LogP contribution is 2.07. The van der Waals surface area contributed by atoms with E-state index in [2.05, 4.69) is 20.3 Å². The quantitative estimate of drug-likeness (QED) is 0.614. The molecular formula is C8H13ClN6O. The molecule has 0 saturated carbocycles. The van der Waals surface area contributed by atoms with Crippen molar-refractivity contribution in [1.82, 2.24) is 15.0 Å². The van der Waals surface area contributed by atoms with Crippen LogP contribution in [-0.2, 0) is 4.79 Å². The molecule has 0 aliphatic rings. The number of halogens is 1. The fourth-order valence-corrected chi connectivity index (χ4v) is 1.24. The van der Waals surface area contributed by atoms with E-state index in [1.165, 1.54) is 0 Å². The van der Waals surface area contributed by atoms with Gasteiger partial charge in [-0.3, -0.25) is 4.79 Å². The Labute approximate surface area is 97.6 Å². The number of nitrogens with two attached hydrogens (primary N) is 2. The summed E-state index contributed by atoms with van der Waals surface area (Å²) in [5.74, 6) is 0.101. The van der Waals surface area contributed by atoms with Crippen LogP contribution in [0.5, 0.6) is 0 Å². The first kappa shape index (κ1) is 12.4. The van der Waals surface area contributed by atoms with Crippen LogP contribution < -0.4 is 16.8 Å². The summed E-state index contributed by atoms with van der Waals surface area (Å²) < 4.78 is 0. The van der Waals surface area contributed by atoms with Gasteiger partial charge in [-0.25, -0.2) is 0 Å². The number of rotatable bonds is 6. The highest BCUT2D eigenvalue weighted by molar-refractivity contribution is 6.28. The maximum Gasteiger partial charge on any atom is 0.228 e. The average Bonchev–Trinajstić information content (AvgIpc) is 2.15. The van der Waals surface area contributed by atoms with Gasteiger partial charge in [0.2, 0.25) is 23.1 Å². The molecule has 0 bridgehead atoms. The molecule has 0 aromatic carbocycles. The topological polar surface area (TPSA) is 120 Å². The molecule has 88 valence electrons. The van der Waals surface area contributed by atoms with Crippen molar-refractivity contribution in [3.05, 3.63) is 5.28 Å². The molecule has 0 fully saturated rings. The van der Waals surface area contributed by atoms with Crippen LogP contribution in [0.15, 0.2) is 0 Å². The maximum absolute atomic E-state index is 10.5. The first-order valence-corrected chi connectivity index (χ1v) is 5.15. The van der Waals surface area contributed by atoms with E-state index < -0.39 is 0 Å². The van der Waals surface area contributed by atoms with Gasteiger partial charge in [-0.05, 0) is 24.4 Å². The van der Waals surface area contributed by atoms with E-state index in [0.29, 0.717) is 18.9 Å². The van der Waals surface area contributed by atoms with Crippen molar-refractivity contribution in [3.63, 3.8) is 0 Å². The lowest BCUT2D eigenvalue weighted by Crippen LogP contribution is -2.12. The average molecular weight is 245 g/mol. The van der Waals surface area contributed by atoms with Gasteiger partial charge in [-0.15, -0.1) is 0 Å². The summed E-state index contributed by atoms with van der Waals surface area (Å²) in [4.78, 5) is 21.7. The number of carbonyl (C=O) groups is 1. The highest BCUT2D eigenvalue weighted by atomic mass is 35.5. The van der Waals surface area contributed by atoms with Gasteiger partial charge >= 0.3 is 0 Å². The number of amides is 1. The summed E-state index contributed by atoms with van der Waals surface area (Å²) in [5.41, 5.74) is 10.4. The minimum absolute atomic E-state index is 0.0483. The van der Waals surface area contributed by atoms with Gasteiger partial charge < -0.3 is 16.8 Å². The number of carbonyl (C=O) groups excluding carboxylic acids is 1. The zero-order valence-electron chi connectivity index (χ0n) is 8.61. The molecule has 5 N–H and O–H groups in total. The van der Waals surface area contributed by atoms with Crippen molar-refractivity contribution < 1.29 is 4.79 Å². The second kappa shape index (κ2) is 6.06. The molecule has 1 aromatic rings. The Kier molecular flexibility index (Phi) is 4.71. The zero-order valence-corrected chi connectivity index (χ0v) is 9.37. The Hall–Kier alpha value is -1.63. The molecule has 7 nitrogen and oxygen atoms in total. The van der Waals surface area contributed by atoms with Crippen LogP contribution in [0.1, 0.15) is 19.3 Å². The van der Waals surface area contributed by atoms with Crippen LogP contribution in [0.25, 0.3) is 0 Å². The first-order chi connectivity index (χ1) is 7.58. The SMILES string of the molecule is NC(=O)CCCCNc1nc(N)nc(Cl)n1. The summed E-state index contributed by atoms with van der Waals surface area (Å²) in [7, 11) is 0. The van der Waals surface area contributed by atoms with Crippen LogP contribution in [0, 0.1) is 0 Å². The summed E-state index contributed by atoms with van der Waals surface area (Å²) in [6.45, 7) is 0.618. The summed E-state index contributed by atoms with van der Waals surface area (Å²) in [6.07, 6.45) is 1.88. The summed E-state index contributed by atoms with van der Waals surface area (Å²) >= 11 is 5.59. The lowest BCUT2D eigenvalue weighted by molar-refractivity contribution is -0.118. The van der Waals surface area contributed by atoms with Crippen LogP contribution >= 0.6 is 11.6 Å². The molecule has 8 heteroatoms. The Bertz CT molecular complexity index is 351. The van der Waals surface area contributed by atoms with Crippen molar-refractivity contribution in [3.8, 4) is 0 Å². The third-order valence-corrected chi connectivity index (χ3v) is 1.93. The highest BCUT2D eigenvalue weighted by Gasteiger charge is 2.01. The second-order valence-electron chi connectivity index (χ2n) is 3.14. The van der Waals surface area contributed by atoms with E-state index in [-0.39, 0.29) is 17.1 Å². The first-order valence-electron chi connectivity index (χ1n) is 4.77. The summed E-state index contributed by atoms with van der Waals surface area (Å²) in [5, 5.41) is 2.97. The van der Waals surface area contributed by atoms with Crippen molar-refractivity contribution in [2.24, 2.45) is 5.73 Å². The van der Waals surface area contributed by atoms with Gasteiger partial charge in [0.05, 0.1) is 0 Å². The van der Waals surface area contributed by atoms with E-state index >= 15 is 0 Å². The number of nitrogens with one attached hydrogen (secondary N) is 1. The predicted molar refractivity (Wildman–Crippen MR) is 60.8 cm³/mol. The lowest BCUT2D eigenvalue weighted by Gasteiger charge is -2.04. The van der Waals surface area contributed by atoms with Gasteiger partial charge in [-0.2, -0.15) is 15.0 Å². The van der Waals surface area contributed by atoms with Gasteiger partial charge in [0.1, 0.15) is 0 Å². The molecular weight excluding hydrogens is 232 g/mol. The Morgan fingerprint density at radius 3 is 2.69 bits per heavy atom. The number of hydrogen-bond acceptors (Lipinski definition) is 6. The molecule has 1 aromatic heterocycles. The van der Waals surface area contributed by atoms with Crippen molar-refractivity contribution in [1.29, 1.82) is 0 Å². The Balaban J connectivity index is 2.29. The van der Waals surface area contributed by atoms with Crippen molar-refractivity contribution >= 4 is 29.4 Å². The fourth-order valence-electron chi connectivity index (χ4n) is 1.07. The molecule has 0 aliphatic carbocycles. The number of nitrogen functional groups attached to an aromatic ring is 1. The number of unbranched alkanes of at least 4 members (excludes halogenated alkanes) is 1. The van der Waals surface area contributed by atoms with Crippen molar-refractivity contribution in [2.45, 2.75) is 19.3 Å². The number of hydrogen-bond donors (Lipinski definition) is 3. The van der Waals surface area contributed by atoms with Gasteiger partial charge in [-0.1, -0.05) is 0 Å². The minimum Gasteiger partial charge on any atom is -0.370 e. The number of primary amides is 1. The normalized spacial score (nSPS) is 10.1. The fraction of sp³-hybridized carbons (Fsp3) is 0.500. The molecule has 0 atom stereocenters. The van der Waals surface area contributed by atoms with E-state index in [9.17, 15) is 4.79 Å². The van der Waals surface area contributed by atoms with Crippen LogP contribution in [0.2, 0.25) is 5.28 Å². The van der Waals surface area contributed by atoms with Crippen LogP contribution in [0.4, 0.5) is 11.9 Å². The van der Waals surface area contributed by atoms with Gasteiger partial charge in [0.25, 0.3) is 0 Å². The summed E-state index contributed by atoms with van der Waals surface area (Å²) in [6, 6.07) is 0. The molecule has 0 saturated heterocycles. The van der Waals surface area contributed by atoms with E-state index in [1.54, 1.807) is 0 Å². The molecule has 1 amide bonds. The van der Waals surface area contributed by atoms with E-state index in [0.717, 1.165) is 12.8 Å². The zero-order chi connectivity index (χ0) is 12.0. The number of anilines is 2. The minimum atomic E-state index is -0.299. The lowest BCUT2D eigenvalue weighted by atomic mass is 10.2. The van der Waals surface area contributed by atoms with Crippen molar-refractivity contribution in [2.75, 3.05) is 17.6 Å². The second-order valence-corrected chi connectivity index (χ2v) is 3.47. The maximum atomic E-state index is 10.5.